The Bertz CT molecular complexity index is 379. The zero-order valence-corrected chi connectivity index (χ0v) is 10.3. The zero-order valence-electron chi connectivity index (χ0n) is 8.74. The van der Waals surface area contributed by atoms with Crippen LogP contribution in [0.5, 0.6) is 0 Å². The molecule has 5 heteroatoms. The summed E-state index contributed by atoms with van der Waals surface area (Å²) in [6, 6.07) is 4.84. The molecule has 3 nitrogen and oxygen atoms in total. The molecule has 0 fully saturated rings. The number of hydrogen-bond donors (Lipinski definition) is 1. The number of rotatable bonds is 4. The Kier molecular flexibility index (Phi) is 5.06. The van der Waals surface area contributed by atoms with Gasteiger partial charge < -0.3 is 9.84 Å². The van der Waals surface area contributed by atoms with Crippen molar-refractivity contribution in [1.29, 1.82) is 0 Å². The number of halogens is 2. The number of carbonyl (C=O) groups excluding carboxylic acids is 1. The maximum atomic E-state index is 10.9. The third-order valence-corrected chi connectivity index (χ3v) is 2.73. The highest BCUT2D eigenvalue weighted by molar-refractivity contribution is 6.35. The van der Waals surface area contributed by atoms with Crippen LogP contribution in [0.15, 0.2) is 18.2 Å². The summed E-state index contributed by atoms with van der Waals surface area (Å²) in [5.74, 6) is -0.357. The van der Waals surface area contributed by atoms with Crippen LogP contribution < -0.4 is 0 Å². The molecular weight excluding hydrogens is 251 g/mol. The van der Waals surface area contributed by atoms with Gasteiger partial charge in [-0.05, 0) is 24.1 Å². The number of aliphatic hydroxyl groups excluding tert-OH is 1. The number of aliphatic hydroxyl groups is 1. The molecule has 16 heavy (non-hydrogen) atoms. The minimum Gasteiger partial charge on any atom is -0.469 e. The fourth-order valence-electron chi connectivity index (χ4n) is 1.28. The van der Waals surface area contributed by atoms with Crippen molar-refractivity contribution in [3.63, 3.8) is 0 Å². The summed E-state index contributed by atoms with van der Waals surface area (Å²) in [7, 11) is 1.31. The van der Waals surface area contributed by atoms with Crippen LogP contribution >= 0.6 is 23.2 Å². The largest absolute Gasteiger partial charge is 0.469 e. The van der Waals surface area contributed by atoms with Crippen LogP contribution in [0.3, 0.4) is 0 Å². The molecule has 0 saturated carbocycles. The molecule has 1 aromatic carbocycles. The van der Waals surface area contributed by atoms with E-state index in [9.17, 15) is 9.90 Å². The number of carbonyl (C=O) groups is 1. The Morgan fingerprint density at radius 3 is 2.75 bits per heavy atom. The lowest BCUT2D eigenvalue weighted by atomic mass is 10.1. The second-order valence-electron chi connectivity index (χ2n) is 3.30. The SMILES string of the molecule is COC(=O)CCC(O)c1ccc(Cl)cc1Cl. The smallest absolute Gasteiger partial charge is 0.305 e. The lowest BCUT2D eigenvalue weighted by molar-refractivity contribution is -0.141. The molecule has 0 saturated heterocycles. The van der Waals surface area contributed by atoms with Crippen molar-refractivity contribution < 1.29 is 14.6 Å². The molecule has 0 spiro atoms. The second-order valence-corrected chi connectivity index (χ2v) is 4.14. The van der Waals surface area contributed by atoms with Gasteiger partial charge in [-0.3, -0.25) is 4.79 Å². The van der Waals surface area contributed by atoms with Gasteiger partial charge >= 0.3 is 5.97 Å². The number of ether oxygens (including phenoxy) is 1. The average molecular weight is 263 g/mol. The highest BCUT2D eigenvalue weighted by atomic mass is 35.5. The molecule has 0 aliphatic rings. The van der Waals surface area contributed by atoms with Crippen LogP contribution in [0.1, 0.15) is 24.5 Å². The van der Waals surface area contributed by atoms with Gasteiger partial charge in [-0.2, -0.15) is 0 Å². The van der Waals surface area contributed by atoms with E-state index in [4.69, 9.17) is 23.2 Å². The van der Waals surface area contributed by atoms with E-state index in [0.717, 1.165) is 0 Å². The normalized spacial score (nSPS) is 12.2. The number of benzene rings is 1. The highest BCUT2D eigenvalue weighted by Crippen LogP contribution is 2.28. The molecule has 0 aliphatic carbocycles. The van der Waals surface area contributed by atoms with Crippen molar-refractivity contribution in [1.82, 2.24) is 0 Å². The van der Waals surface area contributed by atoms with Crippen molar-refractivity contribution in [2.75, 3.05) is 7.11 Å². The molecule has 0 amide bonds. The first-order valence-corrected chi connectivity index (χ1v) is 5.50. The van der Waals surface area contributed by atoms with Crippen LogP contribution in [0.25, 0.3) is 0 Å². The summed E-state index contributed by atoms with van der Waals surface area (Å²) in [6.07, 6.45) is -0.367. The van der Waals surface area contributed by atoms with Gasteiger partial charge in [0.25, 0.3) is 0 Å². The predicted octanol–water partition coefficient (Wildman–Crippen LogP) is 2.98. The summed E-state index contributed by atoms with van der Waals surface area (Å²) in [6.45, 7) is 0. The molecule has 0 bridgehead atoms. The monoisotopic (exact) mass is 262 g/mol. The van der Waals surface area contributed by atoms with E-state index >= 15 is 0 Å². The number of methoxy groups -OCH3 is 1. The highest BCUT2D eigenvalue weighted by Gasteiger charge is 2.13. The third kappa shape index (κ3) is 3.67. The van der Waals surface area contributed by atoms with Crippen LogP contribution in [0.4, 0.5) is 0 Å². The van der Waals surface area contributed by atoms with Gasteiger partial charge in [-0.25, -0.2) is 0 Å². The summed E-state index contributed by atoms with van der Waals surface area (Å²) in [5, 5.41) is 10.7. The molecule has 1 unspecified atom stereocenters. The fourth-order valence-corrected chi connectivity index (χ4v) is 1.82. The molecule has 0 aromatic heterocycles. The molecule has 0 radical (unpaired) electrons. The first-order chi connectivity index (χ1) is 7.54. The molecule has 88 valence electrons. The van der Waals surface area contributed by atoms with Crippen molar-refractivity contribution in [2.24, 2.45) is 0 Å². The molecular formula is C11H12Cl2O3. The maximum absolute atomic E-state index is 10.9. The van der Waals surface area contributed by atoms with Gasteiger partial charge in [0, 0.05) is 16.5 Å². The summed E-state index contributed by atoms with van der Waals surface area (Å²) in [4.78, 5) is 10.9. The van der Waals surface area contributed by atoms with Crippen molar-refractivity contribution >= 4 is 29.2 Å². The zero-order chi connectivity index (χ0) is 12.1. The molecule has 0 heterocycles. The Morgan fingerprint density at radius 1 is 1.50 bits per heavy atom. The van der Waals surface area contributed by atoms with Crippen molar-refractivity contribution in [3.8, 4) is 0 Å². The summed E-state index contributed by atoms with van der Waals surface area (Å²) < 4.78 is 4.48. The van der Waals surface area contributed by atoms with E-state index in [0.29, 0.717) is 15.6 Å². The molecule has 0 aliphatic heterocycles. The van der Waals surface area contributed by atoms with E-state index in [1.807, 2.05) is 0 Å². The topological polar surface area (TPSA) is 46.5 Å². The Balaban J connectivity index is 2.65. The van der Waals surface area contributed by atoms with Crippen molar-refractivity contribution in [2.45, 2.75) is 18.9 Å². The van der Waals surface area contributed by atoms with Crippen LogP contribution in [-0.4, -0.2) is 18.2 Å². The number of hydrogen-bond acceptors (Lipinski definition) is 3. The van der Waals surface area contributed by atoms with E-state index in [1.165, 1.54) is 7.11 Å². The third-order valence-electron chi connectivity index (χ3n) is 2.17. The predicted molar refractivity (Wildman–Crippen MR) is 62.7 cm³/mol. The van der Waals surface area contributed by atoms with Crippen molar-refractivity contribution in [3.05, 3.63) is 33.8 Å². The summed E-state index contributed by atoms with van der Waals surface area (Å²) >= 11 is 11.6. The minimum absolute atomic E-state index is 0.149. The first kappa shape index (κ1) is 13.3. The Hall–Kier alpha value is -0.770. The van der Waals surface area contributed by atoms with E-state index in [2.05, 4.69) is 4.74 Å². The lowest BCUT2D eigenvalue weighted by Gasteiger charge is -2.12. The van der Waals surface area contributed by atoms with Gasteiger partial charge in [0.15, 0.2) is 0 Å². The first-order valence-electron chi connectivity index (χ1n) is 4.74. The van der Waals surface area contributed by atoms with Gasteiger partial charge in [-0.1, -0.05) is 29.3 Å². The molecule has 1 rings (SSSR count). The van der Waals surface area contributed by atoms with Gasteiger partial charge in [0.05, 0.1) is 13.2 Å². The van der Waals surface area contributed by atoms with Crippen LogP contribution in [0, 0.1) is 0 Å². The lowest BCUT2D eigenvalue weighted by Crippen LogP contribution is -2.05. The molecule has 1 aromatic rings. The van der Waals surface area contributed by atoms with E-state index < -0.39 is 6.10 Å². The van der Waals surface area contributed by atoms with Crippen LogP contribution in [0.2, 0.25) is 10.0 Å². The van der Waals surface area contributed by atoms with Gasteiger partial charge in [0.1, 0.15) is 0 Å². The minimum atomic E-state index is -0.788. The standard InChI is InChI=1S/C11H12Cl2O3/c1-16-11(15)5-4-10(14)8-3-2-7(12)6-9(8)13/h2-3,6,10,14H,4-5H2,1H3. The van der Waals surface area contributed by atoms with Crippen LogP contribution in [-0.2, 0) is 9.53 Å². The second kappa shape index (κ2) is 6.09. The number of esters is 1. The fraction of sp³-hybridized carbons (Fsp3) is 0.364. The maximum Gasteiger partial charge on any atom is 0.305 e. The molecule has 1 atom stereocenters. The Labute approximate surface area is 104 Å². The van der Waals surface area contributed by atoms with Gasteiger partial charge in [0.2, 0.25) is 0 Å². The van der Waals surface area contributed by atoms with E-state index in [1.54, 1.807) is 18.2 Å². The average Bonchev–Trinajstić information content (AvgIpc) is 2.25. The van der Waals surface area contributed by atoms with Gasteiger partial charge in [-0.15, -0.1) is 0 Å². The quantitative estimate of drug-likeness (QED) is 0.849. The molecule has 1 N–H and O–H groups in total. The van der Waals surface area contributed by atoms with E-state index in [-0.39, 0.29) is 18.8 Å². The summed E-state index contributed by atoms with van der Waals surface area (Å²) in [5.41, 5.74) is 0.565. The Morgan fingerprint density at radius 2 is 2.19 bits per heavy atom.